The van der Waals surface area contributed by atoms with Gasteiger partial charge in [-0.3, -0.25) is 29.4 Å². The molecule has 18 heteroatoms. The number of hydrogen-bond acceptors (Lipinski definition) is 18. The molecule has 0 radical (unpaired) electrons. The Balaban J connectivity index is 0.000000283. The fourth-order valence-electron chi connectivity index (χ4n) is 19.1. The zero-order valence-electron chi connectivity index (χ0n) is 88.8. The van der Waals surface area contributed by atoms with Crippen LogP contribution < -0.4 is 14.7 Å². The largest absolute Gasteiger partial charge is 0.369 e. The summed E-state index contributed by atoms with van der Waals surface area (Å²) in [6.45, 7) is 61.1. The first kappa shape index (κ1) is 120. The van der Waals surface area contributed by atoms with Crippen molar-refractivity contribution in [2.75, 3.05) is 258 Å². The molecule has 0 aromatic heterocycles. The van der Waals surface area contributed by atoms with Crippen LogP contribution in [0.15, 0.2) is 164 Å². The molecule has 133 heavy (non-hydrogen) atoms. The number of likely N-dealkylation sites (N-methyl/N-ethyl adjacent to an activating group) is 6. The number of anilines is 3. The molecule has 754 valence electrons. The van der Waals surface area contributed by atoms with E-state index in [1.54, 1.807) is 0 Å². The van der Waals surface area contributed by atoms with E-state index in [1.807, 2.05) is 70.6 Å². The molecule has 4 aliphatic rings. The molecule has 0 amide bonds. The topological polar surface area (TPSA) is 38.9 Å². The summed E-state index contributed by atoms with van der Waals surface area (Å²) in [7, 11) is 4.61. The number of rotatable bonds is 58. The van der Waals surface area contributed by atoms with Crippen LogP contribution in [0, 0.1) is 32.6 Å². The Morgan fingerprint density at radius 2 is 0.662 bits per heavy atom. The van der Waals surface area contributed by atoms with Crippen LogP contribution in [0.2, 0.25) is 0 Å². The summed E-state index contributed by atoms with van der Waals surface area (Å²) in [5, 5.41) is 0. The van der Waals surface area contributed by atoms with E-state index in [1.165, 1.54) is 292 Å². The molecule has 0 bridgehead atoms. The fourth-order valence-corrected chi connectivity index (χ4v) is 22.1. The molecule has 6 aromatic carbocycles. The summed E-state index contributed by atoms with van der Waals surface area (Å²) in [5.74, 6) is 10.3. The third-order valence-corrected chi connectivity index (χ3v) is 31.6. The lowest BCUT2D eigenvalue weighted by atomic mass is 9.89. The first-order chi connectivity index (χ1) is 64.6. The lowest BCUT2D eigenvalue weighted by Gasteiger charge is -2.37. The van der Waals surface area contributed by atoms with Crippen LogP contribution >= 0.6 is 70.6 Å². The maximum absolute atomic E-state index is 2.72. The third-order valence-electron chi connectivity index (χ3n) is 27.6. The minimum Gasteiger partial charge on any atom is -0.369 e. The van der Waals surface area contributed by atoms with Gasteiger partial charge in [0.2, 0.25) is 0 Å². The highest BCUT2D eigenvalue weighted by molar-refractivity contribution is 7.99. The van der Waals surface area contributed by atoms with Gasteiger partial charge in [0.05, 0.1) is 0 Å². The molecule has 4 aliphatic carbocycles. The predicted octanol–water partition coefficient (Wildman–Crippen LogP) is 26.2. The normalized spacial score (nSPS) is 14.7. The van der Waals surface area contributed by atoms with Crippen molar-refractivity contribution >= 4 is 87.6 Å². The highest BCUT2D eigenvalue weighted by Gasteiger charge is 2.26. The fraction of sp³-hybridized carbons (Fsp3) is 0.687. The highest BCUT2D eigenvalue weighted by Crippen LogP contribution is 2.30. The quantitative estimate of drug-likeness (QED) is 0.0340. The number of thioether (sulfide) groups is 6. The molecule has 0 N–H and O–H groups in total. The van der Waals surface area contributed by atoms with Gasteiger partial charge in [-0.2, -0.15) is 70.6 Å². The van der Waals surface area contributed by atoms with Gasteiger partial charge in [-0.1, -0.05) is 243 Å². The van der Waals surface area contributed by atoms with Gasteiger partial charge >= 0.3 is 0 Å². The van der Waals surface area contributed by atoms with E-state index < -0.39 is 0 Å². The Bertz CT molecular complexity index is 3620. The van der Waals surface area contributed by atoms with Crippen molar-refractivity contribution < 1.29 is 0 Å². The van der Waals surface area contributed by atoms with Crippen LogP contribution in [0.4, 0.5) is 17.1 Å². The van der Waals surface area contributed by atoms with Gasteiger partial charge in [0.1, 0.15) is 0 Å². The van der Waals surface area contributed by atoms with Gasteiger partial charge in [-0.15, -0.1) is 0 Å². The number of hydrogen-bond donors (Lipinski definition) is 0. The first-order valence-electron chi connectivity index (χ1n) is 52.7. The second kappa shape index (κ2) is 75.3. The van der Waals surface area contributed by atoms with Crippen LogP contribution in [-0.4, -0.2) is 311 Å². The summed E-state index contributed by atoms with van der Waals surface area (Å²) in [4.78, 5) is 31.1. The summed E-state index contributed by atoms with van der Waals surface area (Å²) < 4.78 is 0. The molecule has 0 aliphatic heterocycles. The van der Waals surface area contributed by atoms with Crippen molar-refractivity contribution in [3.63, 3.8) is 0 Å². The monoisotopic (exact) mass is 1940 g/mol. The van der Waals surface area contributed by atoms with Crippen LogP contribution in [0.5, 0.6) is 0 Å². The minimum atomic E-state index is 0.243. The predicted molar refractivity (Wildman–Crippen MR) is 611 cm³/mol. The lowest BCUT2D eigenvalue weighted by molar-refractivity contribution is 0.149. The van der Waals surface area contributed by atoms with Crippen molar-refractivity contribution in [1.82, 2.24) is 44.1 Å². The van der Waals surface area contributed by atoms with Crippen LogP contribution in [-0.2, 0) is 18.8 Å². The van der Waals surface area contributed by atoms with Crippen LogP contribution in [0.1, 0.15) is 225 Å². The van der Waals surface area contributed by atoms with Crippen LogP contribution in [0.3, 0.4) is 0 Å². The van der Waals surface area contributed by atoms with E-state index in [-0.39, 0.29) is 5.54 Å². The Morgan fingerprint density at radius 1 is 0.316 bits per heavy atom. The molecule has 4 fully saturated rings. The summed E-state index contributed by atoms with van der Waals surface area (Å²) in [6.07, 6.45) is 38.2. The Labute approximate surface area is 846 Å². The van der Waals surface area contributed by atoms with Gasteiger partial charge in [0.15, 0.2) is 0 Å². The SMILES string of the molecule is CCCN(CCSC)CCN(C)CC1CCCCC1.CCN(CCN(CCSC)c1ccc(C)cc1)C(C)(C)C.CCN(CCN(CCSC)c1ccc(C)cc1)C1CCCC1.CCN(CCN(CCSC)c1ccc(C)cc1)C1CCCCC1.CCN(CCN(CCSCc1ccccc1)C(C)C)Cc1ccccc1.CSCCN(CCN(C)CC1CCCC1)Cc1ccccc1. The lowest BCUT2D eigenvalue weighted by Crippen LogP contribution is -2.45. The zero-order chi connectivity index (χ0) is 96.3. The van der Waals surface area contributed by atoms with Gasteiger partial charge in [-0.25, -0.2) is 0 Å². The highest BCUT2D eigenvalue weighted by atomic mass is 32.2. The van der Waals surface area contributed by atoms with Gasteiger partial charge in [0, 0.05) is 225 Å². The molecule has 0 spiro atoms. The van der Waals surface area contributed by atoms with E-state index in [0.717, 1.165) is 121 Å². The van der Waals surface area contributed by atoms with Crippen molar-refractivity contribution in [1.29, 1.82) is 0 Å². The summed E-state index contributed by atoms with van der Waals surface area (Å²) in [6, 6.07) is 61.7. The Kier molecular flexibility index (Phi) is 67.9. The molecular formula is C115H198N12S6. The molecule has 0 unspecified atom stereocenters. The standard InChI is InChI=1S/C23H34N2S.C20H34N2S.2C19H32N2S.C18H32N2S.C16H34N2S/c1-4-24(19-22-11-7-5-8-12-22)15-16-25(21(2)3)17-18-26-20-23-13-9-6-10-14-23;1-4-21(19-8-6-5-7-9-19)14-15-22(16-17-23-3)20-12-10-18(2)11-13-20;1-20(16-18-10-6-7-11-18)12-13-21(14-15-22-2)17-19-8-4-3-5-9-19;1-4-20(18-7-5-6-8-18)13-14-21(15-16-22-3)19-11-9-17(2)10-12-19;1-7-20(18(3,4)5)13-12-19(14-15-21-6)17-10-8-16(2)9-11-17;1-4-10-18(13-14-19-3)12-11-17(2)15-16-8-6-5-7-9-16/h5-14,21H,4,15-20H2,1-3H3;10-13,19H,4-9,14-17H2,1-3H3;3-5,8-9,18H,6-7,10-17H2,1-2H3;9-12,18H,4-8,13-16H2,1-3H3;8-11H,7,12-15H2,1-6H3;16H,4-15H2,1-3H3. The van der Waals surface area contributed by atoms with E-state index in [2.05, 4.69) is 358 Å². The smallest absolute Gasteiger partial charge is 0.0367 e. The van der Waals surface area contributed by atoms with Gasteiger partial charge in [0.25, 0.3) is 0 Å². The molecule has 0 atom stereocenters. The molecule has 10 rings (SSSR count). The van der Waals surface area contributed by atoms with Crippen molar-refractivity contribution in [2.45, 2.75) is 255 Å². The maximum Gasteiger partial charge on any atom is 0.0367 e. The molecule has 0 saturated heterocycles. The average Bonchev–Trinajstić information content (AvgIpc) is 1.82. The van der Waals surface area contributed by atoms with E-state index >= 15 is 0 Å². The minimum absolute atomic E-state index is 0.243. The first-order valence-corrected chi connectivity index (χ1v) is 60.8. The Morgan fingerprint density at radius 3 is 1.03 bits per heavy atom. The van der Waals surface area contributed by atoms with Crippen molar-refractivity contribution in [3.05, 3.63) is 197 Å². The van der Waals surface area contributed by atoms with Crippen molar-refractivity contribution in [3.8, 4) is 0 Å². The number of nitrogens with zero attached hydrogens (tertiary/aromatic N) is 12. The molecular weight excluding hydrogens is 1740 g/mol. The molecule has 12 nitrogen and oxygen atoms in total. The number of aryl methyl sites for hydroxylation is 3. The molecule has 0 heterocycles. The molecule has 4 saturated carbocycles. The summed E-state index contributed by atoms with van der Waals surface area (Å²) in [5.41, 5.74) is 12.6. The second-order valence-electron chi connectivity index (χ2n) is 39.5. The maximum atomic E-state index is 2.72. The Hall–Kier alpha value is -3.54. The van der Waals surface area contributed by atoms with E-state index in [0.29, 0.717) is 6.04 Å². The molecule has 6 aromatic rings. The van der Waals surface area contributed by atoms with Crippen molar-refractivity contribution in [2.24, 2.45) is 11.8 Å². The van der Waals surface area contributed by atoms with Gasteiger partial charge < -0.3 is 29.4 Å². The zero-order valence-corrected chi connectivity index (χ0v) is 93.7. The van der Waals surface area contributed by atoms with Crippen LogP contribution in [0.25, 0.3) is 0 Å². The van der Waals surface area contributed by atoms with Gasteiger partial charge in [-0.05, 0) is 256 Å². The van der Waals surface area contributed by atoms with E-state index in [9.17, 15) is 0 Å². The number of benzene rings is 6. The van der Waals surface area contributed by atoms with E-state index in [4.69, 9.17) is 0 Å². The summed E-state index contributed by atoms with van der Waals surface area (Å²) >= 11 is 11.7. The second-order valence-corrected chi connectivity index (χ2v) is 45.5. The third kappa shape index (κ3) is 54.3. The average molecular weight is 1940 g/mol.